The lowest BCUT2D eigenvalue weighted by atomic mass is 10.0. The zero-order chi connectivity index (χ0) is 15.8. The molecule has 0 radical (unpaired) electrons. The molecular weight excluding hydrogens is 326 g/mol. The van der Waals surface area contributed by atoms with E-state index in [0.29, 0.717) is 0 Å². The first kappa shape index (κ1) is 20.9. The van der Waals surface area contributed by atoms with Crippen LogP contribution in [0.3, 0.4) is 0 Å². The first-order chi connectivity index (χ1) is 10.2. The summed E-state index contributed by atoms with van der Waals surface area (Å²) in [4.78, 5) is 10.7. The number of amides is 1. The molecule has 21 heavy (non-hydrogen) atoms. The van der Waals surface area contributed by atoms with Crippen molar-refractivity contribution in [3.63, 3.8) is 0 Å². The van der Waals surface area contributed by atoms with Gasteiger partial charge >= 0.3 is 0 Å². The van der Waals surface area contributed by atoms with E-state index in [1.54, 1.807) is 0 Å². The van der Waals surface area contributed by atoms with Crippen LogP contribution >= 0.6 is 15.9 Å². The minimum atomic E-state index is -0.232. The fraction of sp³-hybridized carbons (Fsp3) is 0.944. The highest BCUT2D eigenvalue weighted by Crippen LogP contribution is 2.15. The van der Waals surface area contributed by atoms with Gasteiger partial charge in [0.05, 0.1) is 4.83 Å². The molecule has 0 aliphatic heterocycles. The predicted octanol–water partition coefficient (Wildman–Crippen LogP) is 6.11. The summed E-state index contributed by atoms with van der Waals surface area (Å²) < 4.78 is 0. The van der Waals surface area contributed by atoms with Crippen LogP contribution in [0.25, 0.3) is 0 Å². The van der Waals surface area contributed by atoms with Gasteiger partial charge in [0.15, 0.2) is 0 Å². The van der Waals surface area contributed by atoms with Gasteiger partial charge in [0.2, 0.25) is 5.91 Å². The molecule has 0 aliphatic carbocycles. The second-order valence-electron chi connectivity index (χ2n) is 6.25. The SMILES string of the molecule is CCCCCCCCCCCCCCCCC(Br)C(N)=O. The van der Waals surface area contributed by atoms with E-state index in [9.17, 15) is 4.79 Å². The van der Waals surface area contributed by atoms with Gasteiger partial charge in [-0.1, -0.05) is 113 Å². The lowest BCUT2D eigenvalue weighted by Crippen LogP contribution is -2.22. The molecule has 0 spiro atoms. The Labute approximate surface area is 140 Å². The molecule has 0 rings (SSSR count). The molecule has 0 aromatic rings. The second-order valence-corrected chi connectivity index (χ2v) is 7.36. The van der Waals surface area contributed by atoms with Crippen LogP contribution < -0.4 is 5.73 Å². The van der Waals surface area contributed by atoms with Gasteiger partial charge in [-0.05, 0) is 6.42 Å². The molecule has 2 nitrogen and oxygen atoms in total. The van der Waals surface area contributed by atoms with Crippen molar-refractivity contribution >= 4 is 21.8 Å². The number of carbonyl (C=O) groups is 1. The summed E-state index contributed by atoms with van der Waals surface area (Å²) in [6.07, 6.45) is 20.0. The Balaban J connectivity index is 3.04. The number of nitrogens with two attached hydrogens (primary N) is 1. The summed E-state index contributed by atoms with van der Waals surface area (Å²) in [7, 11) is 0. The lowest BCUT2D eigenvalue weighted by Gasteiger charge is -2.05. The summed E-state index contributed by atoms with van der Waals surface area (Å²) in [5.41, 5.74) is 5.20. The van der Waals surface area contributed by atoms with Crippen molar-refractivity contribution in [2.75, 3.05) is 0 Å². The van der Waals surface area contributed by atoms with Gasteiger partial charge in [-0.15, -0.1) is 0 Å². The van der Waals surface area contributed by atoms with Crippen molar-refractivity contribution < 1.29 is 4.79 Å². The number of hydrogen-bond donors (Lipinski definition) is 1. The van der Waals surface area contributed by atoms with Gasteiger partial charge in [-0.3, -0.25) is 4.79 Å². The third-order valence-corrected chi connectivity index (χ3v) is 5.03. The first-order valence-corrected chi connectivity index (χ1v) is 10.0. The summed E-state index contributed by atoms with van der Waals surface area (Å²) in [5, 5.41) is 0. The molecule has 0 aromatic carbocycles. The van der Waals surface area contributed by atoms with E-state index in [-0.39, 0.29) is 10.7 Å². The zero-order valence-electron chi connectivity index (χ0n) is 14.0. The third-order valence-electron chi connectivity index (χ3n) is 4.12. The molecule has 1 atom stereocenters. The minimum Gasteiger partial charge on any atom is -0.369 e. The first-order valence-electron chi connectivity index (χ1n) is 9.12. The summed E-state index contributed by atoms with van der Waals surface area (Å²) in [6, 6.07) is 0. The molecule has 1 unspecified atom stereocenters. The van der Waals surface area contributed by atoms with Gasteiger partial charge in [-0.25, -0.2) is 0 Å². The molecule has 0 aliphatic rings. The van der Waals surface area contributed by atoms with Crippen LogP contribution in [0.15, 0.2) is 0 Å². The highest BCUT2D eigenvalue weighted by molar-refractivity contribution is 9.10. The van der Waals surface area contributed by atoms with Crippen LogP contribution in [0.1, 0.15) is 103 Å². The Bertz CT molecular complexity index is 233. The van der Waals surface area contributed by atoms with E-state index in [1.165, 1.54) is 83.5 Å². The van der Waals surface area contributed by atoms with E-state index < -0.39 is 0 Å². The summed E-state index contributed by atoms with van der Waals surface area (Å²) in [5.74, 6) is -0.232. The molecule has 0 saturated heterocycles. The third kappa shape index (κ3) is 16.2. The second kappa shape index (κ2) is 16.3. The fourth-order valence-corrected chi connectivity index (χ4v) is 2.98. The smallest absolute Gasteiger partial charge is 0.231 e. The van der Waals surface area contributed by atoms with Gasteiger partial charge in [0, 0.05) is 0 Å². The fourth-order valence-electron chi connectivity index (χ4n) is 2.66. The number of primary amides is 1. The highest BCUT2D eigenvalue weighted by Gasteiger charge is 2.09. The van der Waals surface area contributed by atoms with E-state index in [0.717, 1.165) is 12.8 Å². The number of carbonyl (C=O) groups excluding carboxylic acids is 1. The summed E-state index contributed by atoms with van der Waals surface area (Å²) >= 11 is 3.31. The van der Waals surface area contributed by atoms with Crippen LogP contribution in [0, 0.1) is 0 Å². The van der Waals surface area contributed by atoms with Crippen LogP contribution in [0.4, 0.5) is 0 Å². The molecule has 2 N–H and O–H groups in total. The van der Waals surface area contributed by atoms with Crippen molar-refractivity contribution in [3.05, 3.63) is 0 Å². The highest BCUT2D eigenvalue weighted by atomic mass is 79.9. The number of hydrogen-bond acceptors (Lipinski definition) is 1. The van der Waals surface area contributed by atoms with Crippen molar-refractivity contribution in [2.24, 2.45) is 5.73 Å². The van der Waals surface area contributed by atoms with E-state index in [2.05, 4.69) is 22.9 Å². The standard InChI is InChI=1S/C18H36BrNO/c1-2-3-4-5-6-7-8-9-10-11-12-13-14-15-16-17(19)18(20)21/h17H,2-16H2,1H3,(H2,20,21). The Morgan fingerprint density at radius 2 is 1.10 bits per heavy atom. The molecular formula is C18H36BrNO. The monoisotopic (exact) mass is 361 g/mol. The molecule has 1 amide bonds. The van der Waals surface area contributed by atoms with Crippen molar-refractivity contribution in [1.82, 2.24) is 0 Å². The average Bonchev–Trinajstić information content (AvgIpc) is 2.47. The number of unbranched alkanes of at least 4 members (excludes halogenated alkanes) is 13. The Morgan fingerprint density at radius 1 is 0.762 bits per heavy atom. The zero-order valence-corrected chi connectivity index (χ0v) is 15.6. The maximum absolute atomic E-state index is 10.8. The van der Waals surface area contributed by atoms with Crippen LogP contribution in [-0.4, -0.2) is 10.7 Å². The Hall–Kier alpha value is -0.0500. The quantitative estimate of drug-likeness (QED) is 0.261. The maximum atomic E-state index is 10.8. The molecule has 0 aromatic heterocycles. The normalized spacial score (nSPS) is 12.5. The van der Waals surface area contributed by atoms with Gasteiger partial charge in [0.25, 0.3) is 0 Å². The van der Waals surface area contributed by atoms with Crippen molar-refractivity contribution in [3.8, 4) is 0 Å². The minimum absolute atomic E-state index is 0.130. The Kier molecular flexibility index (Phi) is 16.3. The van der Waals surface area contributed by atoms with E-state index in [4.69, 9.17) is 5.73 Å². The number of alkyl halides is 1. The van der Waals surface area contributed by atoms with Gasteiger partial charge in [-0.2, -0.15) is 0 Å². The van der Waals surface area contributed by atoms with Crippen LogP contribution in [0.5, 0.6) is 0 Å². The molecule has 0 saturated carbocycles. The molecule has 0 fully saturated rings. The largest absolute Gasteiger partial charge is 0.369 e. The average molecular weight is 362 g/mol. The van der Waals surface area contributed by atoms with Gasteiger partial charge in [0.1, 0.15) is 0 Å². The van der Waals surface area contributed by atoms with E-state index >= 15 is 0 Å². The summed E-state index contributed by atoms with van der Waals surface area (Å²) in [6.45, 7) is 2.27. The molecule has 0 bridgehead atoms. The molecule has 3 heteroatoms. The topological polar surface area (TPSA) is 43.1 Å². The van der Waals surface area contributed by atoms with Gasteiger partial charge < -0.3 is 5.73 Å². The number of halogens is 1. The van der Waals surface area contributed by atoms with E-state index in [1.807, 2.05) is 0 Å². The molecule has 0 heterocycles. The predicted molar refractivity (Wildman–Crippen MR) is 96.8 cm³/mol. The Morgan fingerprint density at radius 3 is 1.43 bits per heavy atom. The maximum Gasteiger partial charge on any atom is 0.231 e. The van der Waals surface area contributed by atoms with Crippen LogP contribution in [-0.2, 0) is 4.79 Å². The lowest BCUT2D eigenvalue weighted by molar-refractivity contribution is -0.117. The number of rotatable bonds is 16. The molecule has 126 valence electrons. The van der Waals surface area contributed by atoms with Crippen molar-refractivity contribution in [1.29, 1.82) is 0 Å². The van der Waals surface area contributed by atoms with Crippen LogP contribution in [0.2, 0.25) is 0 Å². The van der Waals surface area contributed by atoms with Crippen molar-refractivity contribution in [2.45, 2.75) is 108 Å².